The molecule has 10 aromatic rings. The van der Waals surface area contributed by atoms with E-state index < -0.39 is 0 Å². The molecule has 2 heterocycles. The fraction of sp³-hybridized carbons (Fsp3) is 0.0769. The minimum atomic E-state index is -0.105. The minimum Gasteiger partial charge on any atom is -0.311 e. The molecular formula is C65H51BN2. The average molecular weight is 871 g/mol. The molecule has 0 N–H and O–H groups in total. The third-order valence-corrected chi connectivity index (χ3v) is 14.2. The van der Waals surface area contributed by atoms with E-state index in [1.165, 1.54) is 123 Å². The molecular weight excluding hydrogens is 820 g/mol. The van der Waals surface area contributed by atoms with Gasteiger partial charge < -0.3 is 9.80 Å². The van der Waals surface area contributed by atoms with Gasteiger partial charge in [-0.05, 0) is 131 Å². The van der Waals surface area contributed by atoms with E-state index in [0.717, 1.165) is 0 Å². The number of rotatable bonds is 8. The Morgan fingerprint density at radius 2 is 0.735 bits per heavy atom. The van der Waals surface area contributed by atoms with Gasteiger partial charge in [-0.1, -0.05) is 205 Å². The Labute approximate surface area is 401 Å². The zero-order valence-corrected chi connectivity index (χ0v) is 39.0. The third kappa shape index (κ3) is 6.88. The summed E-state index contributed by atoms with van der Waals surface area (Å²) in [6.07, 6.45) is 0. The van der Waals surface area contributed by atoms with E-state index >= 15 is 0 Å². The predicted octanol–water partition coefficient (Wildman–Crippen LogP) is 15.2. The van der Waals surface area contributed by atoms with Gasteiger partial charge in [0.2, 0.25) is 0 Å². The second kappa shape index (κ2) is 16.9. The first-order chi connectivity index (χ1) is 33.4. The quantitative estimate of drug-likeness (QED) is 0.111. The zero-order chi connectivity index (χ0) is 45.9. The molecule has 2 nitrogen and oxygen atoms in total. The number of hydrogen-bond donors (Lipinski definition) is 0. The molecule has 0 amide bonds. The maximum Gasteiger partial charge on any atom is 0.252 e. The largest absolute Gasteiger partial charge is 0.311 e. The molecule has 0 saturated carbocycles. The van der Waals surface area contributed by atoms with Gasteiger partial charge in [-0.25, -0.2) is 0 Å². The topological polar surface area (TPSA) is 6.48 Å². The highest BCUT2D eigenvalue weighted by atomic mass is 15.2. The van der Waals surface area contributed by atoms with Gasteiger partial charge in [-0.2, -0.15) is 0 Å². The van der Waals surface area contributed by atoms with E-state index in [1.807, 2.05) is 0 Å². The average Bonchev–Trinajstić information content (AvgIpc) is 3.38. The number of fused-ring (bicyclic) bond motifs is 4. The molecule has 0 radical (unpaired) electrons. The molecule has 1 atom stereocenters. The van der Waals surface area contributed by atoms with Crippen LogP contribution >= 0.6 is 0 Å². The molecule has 0 aromatic heterocycles. The first-order valence-corrected chi connectivity index (χ1v) is 23.9. The summed E-state index contributed by atoms with van der Waals surface area (Å²) in [5, 5.41) is 0. The molecule has 3 heteroatoms. The monoisotopic (exact) mass is 870 g/mol. The Hall–Kier alpha value is -8.14. The maximum absolute atomic E-state index is 2.63. The Kier molecular flexibility index (Phi) is 10.3. The van der Waals surface area contributed by atoms with Gasteiger partial charge in [-0.15, -0.1) is 0 Å². The smallest absolute Gasteiger partial charge is 0.252 e. The van der Waals surface area contributed by atoms with Gasteiger partial charge in [0, 0.05) is 39.8 Å². The molecule has 0 saturated heterocycles. The third-order valence-electron chi connectivity index (χ3n) is 14.2. The fourth-order valence-corrected chi connectivity index (χ4v) is 11.6. The van der Waals surface area contributed by atoms with Gasteiger partial charge in [-0.3, -0.25) is 0 Å². The second-order valence-electron chi connectivity index (χ2n) is 18.7. The Morgan fingerprint density at radius 1 is 0.338 bits per heavy atom. The lowest BCUT2D eigenvalue weighted by molar-refractivity contribution is 0.977. The molecule has 0 aliphatic carbocycles. The van der Waals surface area contributed by atoms with Crippen molar-refractivity contribution in [3.63, 3.8) is 0 Å². The second-order valence-corrected chi connectivity index (χ2v) is 18.7. The van der Waals surface area contributed by atoms with E-state index in [9.17, 15) is 0 Å². The Bertz CT molecular complexity index is 3340. The molecule has 0 fully saturated rings. The van der Waals surface area contributed by atoms with Crippen molar-refractivity contribution in [2.24, 2.45) is 0 Å². The van der Waals surface area contributed by atoms with Crippen LogP contribution in [0.3, 0.4) is 0 Å². The van der Waals surface area contributed by atoms with Crippen LogP contribution in [0.4, 0.5) is 34.1 Å². The van der Waals surface area contributed by atoms with Gasteiger partial charge in [0.1, 0.15) is 0 Å². The summed E-state index contributed by atoms with van der Waals surface area (Å²) < 4.78 is 0. The Balaban J connectivity index is 1.25. The molecule has 0 bridgehead atoms. The highest BCUT2D eigenvalue weighted by Crippen LogP contribution is 2.52. The summed E-state index contributed by atoms with van der Waals surface area (Å²) in [5.74, 6) is -0.105. The summed E-state index contributed by atoms with van der Waals surface area (Å²) in [6, 6.07) is 86.0. The van der Waals surface area contributed by atoms with Crippen molar-refractivity contribution >= 4 is 57.2 Å². The lowest BCUT2D eigenvalue weighted by atomic mass is 9.33. The summed E-state index contributed by atoms with van der Waals surface area (Å²) >= 11 is 0. The maximum atomic E-state index is 2.63. The zero-order valence-electron chi connectivity index (χ0n) is 39.0. The molecule has 2 aliphatic rings. The van der Waals surface area contributed by atoms with Gasteiger partial charge in [0.15, 0.2) is 0 Å². The molecule has 10 aromatic carbocycles. The van der Waals surface area contributed by atoms with Crippen LogP contribution in [0.5, 0.6) is 0 Å². The van der Waals surface area contributed by atoms with Crippen molar-refractivity contribution in [3.8, 4) is 33.4 Å². The molecule has 68 heavy (non-hydrogen) atoms. The van der Waals surface area contributed by atoms with Crippen molar-refractivity contribution in [1.82, 2.24) is 0 Å². The molecule has 1 unspecified atom stereocenters. The van der Waals surface area contributed by atoms with Crippen LogP contribution in [0.25, 0.3) is 33.4 Å². The highest BCUT2D eigenvalue weighted by molar-refractivity contribution is 7.00. The Morgan fingerprint density at radius 3 is 1.22 bits per heavy atom. The van der Waals surface area contributed by atoms with Crippen LogP contribution in [0.2, 0.25) is 0 Å². The van der Waals surface area contributed by atoms with E-state index in [-0.39, 0.29) is 12.6 Å². The van der Waals surface area contributed by atoms with Crippen LogP contribution in [0.1, 0.15) is 44.9 Å². The lowest BCUT2D eigenvalue weighted by Crippen LogP contribution is -2.61. The number of anilines is 6. The fourth-order valence-electron chi connectivity index (χ4n) is 11.6. The van der Waals surface area contributed by atoms with Crippen LogP contribution in [0.15, 0.2) is 231 Å². The molecule has 324 valence electrons. The van der Waals surface area contributed by atoms with E-state index in [2.05, 4.69) is 268 Å². The molecule has 2 aliphatic heterocycles. The summed E-state index contributed by atoms with van der Waals surface area (Å²) in [5.41, 5.74) is 27.1. The number of aryl methyl sites for hydroxylation is 4. The van der Waals surface area contributed by atoms with Crippen molar-refractivity contribution < 1.29 is 0 Å². The van der Waals surface area contributed by atoms with Gasteiger partial charge in [0.25, 0.3) is 6.71 Å². The van der Waals surface area contributed by atoms with Crippen LogP contribution in [-0.2, 0) is 0 Å². The lowest BCUT2D eigenvalue weighted by Gasteiger charge is -2.46. The summed E-state index contributed by atoms with van der Waals surface area (Å²) in [6.45, 7) is 9.03. The van der Waals surface area contributed by atoms with Crippen molar-refractivity contribution in [2.45, 2.75) is 33.6 Å². The van der Waals surface area contributed by atoms with Gasteiger partial charge >= 0.3 is 0 Å². The van der Waals surface area contributed by atoms with Crippen molar-refractivity contribution in [1.29, 1.82) is 0 Å². The normalized spacial score (nSPS) is 12.9. The van der Waals surface area contributed by atoms with E-state index in [0.29, 0.717) is 0 Å². The molecule has 12 rings (SSSR count). The highest BCUT2D eigenvalue weighted by Gasteiger charge is 2.45. The van der Waals surface area contributed by atoms with Crippen LogP contribution in [0, 0.1) is 27.7 Å². The molecule has 0 spiro atoms. The number of nitrogens with zero attached hydrogens (tertiary/aromatic N) is 2. The minimum absolute atomic E-state index is 0.0161. The van der Waals surface area contributed by atoms with Crippen molar-refractivity contribution in [3.05, 3.63) is 269 Å². The SMILES string of the molecule is Cc1cc(C)c(N2c3ccccc3B3c4ccccc4N(c4c(C)cc(C)cc4-c4ccccc4)c4cc(C(c5ccccc5)c5ccccc5-c5ccccc5)cc2c43)c(-c2ccccc2)c1. The number of benzene rings is 10. The van der Waals surface area contributed by atoms with E-state index in [4.69, 9.17) is 0 Å². The van der Waals surface area contributed by atoms with Crippen molar-refractivity contribution in [2.75, 3.05) is 9.80 Å². The van der Waals surface area contributed by atoms with E-state index in [1.54, 1.807) is 0 Å². The number of hydrogen-bond acceptors (Lipinski definition) is 2. The predicted molar refractivity (Wildman–Crippen MR) is 290 cm³/mol. The first-order valence-electron chi connectivity index (χ1n) is 23.9. The van der Waals surface area contributed by atoms with Crippen LogP contribution in [-0.4, -0.2) is 6.71 Å². The standard InChI is InChI=1S/C65H51BN2/c1-43-37-45(3)64(54(39-43)48-25-11-6-12-26-48)67-58-35-21-19-33-56(58)66-57-34-20-22-36-59(57)68(65-46(4)38-44(2)40-55(65)49-27-13-7-14-28-49)61-42-51(41-60(67)63(61)66)62(50-29-15-8-16-30-50)53-32-18-17-31-52(53)47-23-9-5-10-24-47/h5-42,62H,1-4H3. The summed E-state index contributed by atoms with van der Waals surface area (Å²) in [4.78, 5) is 5.26. The summed E-state index contributed by atoms with van der Waals surface area (Å²) in [7, 11) is 0. The van der Waals surface area contributed by atoms with Crippen LogP contribution < -0.4 is 26.2 Å². The number of para-hydroxylation sites is 2. The first kappa shape index (κ1) is 41.3. The van der Waals surface area contributed by atoms with Gasteiger partial charge in [0.05, 0.1) is 11.4 Å².